The number of halogens is 3. The van der Waals surface area contributed by atoms with Crippen molar-refractivity contribution in [1.82, 2.24) is 25.0 Å². The summed E-state index contributed by atoms with van der Waals surface area (Å²) < 4.78 is 34.8. The fourth-order valence-corrected chi connectivity index (χ4v) is 5.57. The SMILES string of the molecule is Cc1c(-c2ncco2)cccc1C(Nc1cc(Cl)c2ncc(C#N)c(NCC(C)(C)C)c2c1)c1cn(C2(C(F)F)CC2)nn1. The van der Waals surface area contributed by atoms with E-state index in [0.717, 1.165) is 16.7 Å². The number of hydrogen-bond acceptors (Lipinski definition) is 8. The molecular weight excluding hydrogens is 586 g/mol. The van der Waals surface area contributed by atoms with Crippen molar-refractivity contribution in [3.05, 3.63) is 82.6 Å². The third kappa shape index (κ3) is 5.46. The quantitative estimate of drug-likeness (QED) is 0.173. The molecule has 1 fully saturated rings. The van der Waals surface area contributed by atoms with Gasteiger partial charge >= 0.3 is 0 Å². The Kier molecular flexibility index (Phi) is 7.49. The minimum Gasteiger partial charge on any atom is -0.445 e. The topological polar surface area (TPSA) is 117 Å². The van der Waals surface area contributed by atoms with Gasteiger partial charge in [0.25, 0.3) is 6.43 Å². The smallest absolute Gasteiger partial charge is 0.263 e. The number of anilines is 2. The average molecular weight is 617 g/mol. The Morgan fingerprint density at radius 2 is 2.00 bits per heavy atom. The Labute approximate surface area is 258 Å². The summed E-state index contributed by atoms with van der Waals surface area (Å²) >= 11 is 6.78. The van der Waals surface area contributed by atoms with Crippen LogP contribution in [0.25, 0.3) is 22.4 Å². The molecule has 0 amide bonds. The van der Waals surface area contributed by atoms with Crippen molar-refractivity contribution in [1.29, 1.82) is 5.26 Å². The van der Waals surface area contributed by atoms with Gasteiger partial charge in [-0.3, -0.25) is 4.98 Å². The number of nitrogens with one attached hydrogen (secondary N) is 2. The second-order valence-corrected chi connectivity index (χ2v) is 12.8. The number of benzene rings is 2. The third-order valence-corrected chi connectivity index (χ3v) is 8.22. The van der Waals surface area contributed by atoms with E-state index >= 15 is 0 Å². The summed E-state index contributed by atoms with van der Waals surface area (Å²) in [5.74, 6) is 0.458. The van der Waals surface area contributed by atoms with Crippen LogP contribution in [0.2, 0.25) is 5.02 Å². The number of hydrogen-bond donors (Lipinski definition) is 2. The van der Waals surface area contributed by atoms with Crippen LogP contribution >= 0.6 is 11.6 Å². The van der Waals surface area contributed by atoms with Gasteiger partial charge in [-0.05, 0) is 54.5 Å². The Hall–Kier alpha value is -4.56. The Balaban J connectivity index is 1.48. The van der Waals surface area contributed by atoms with Gasteiger partial charge in [0.05, 0.1) is 40.2 Å². The molecule has 0 saturated heterocycles. The summed E-state index contributed by atoms with van der Waals surface area (Å²) in [6.07, 6.45) is 4.30. The van der Waals surface area contributed by atoms with Crippen molar-refractivity contribution >= 4 is 33.9 Å². The Bertz CT molecular complexity index is 1870. The fourth-order valence-electron chi connectivity index (χ4n) is 5.31. The highest BCUT2D eigenvalue weighted by Gasteiger charge is 2.54. The summed E-state index contributed by atoms with van der Waals surface area (Å²) in [4.78, 5) is 8.78. The van der Waals surface area contributed by atoms with Gasteiger partial charge in [-0.2, -0.15) is 5.26 Å². The summed E-state index contributed by atoms with van der Waals surface area (Å²) in [5, 5.41) is 26.4. The highest BCUT2D eigenvalue weighted by Crippen LogP contribution is 2.48. The molecule has 0 bridgehead atoms. The number of oxazole rings is 1. The van der Waals surface area contributed by atoms with Crippen LogP contribution in [0.4, 0.5) is 20.2 Å². The standard InChI is InChI=1S/C32H31ClF2N8O/c1-18-21(6-5-7-22(18)29-37-10-11-44-29)28(25-16-43(42-41-25)32(8-9-32)30(34)35)40-20-12-23-26(39-17-31(2,3)4)19(14-36)15-38-27(23)24(33)13-20/h5-7,10-13,15-16,28,30,40H,8-9,17H2,1-4H3,(H,38,39). The molecule has 9 nitrogen and oxygen atoms in total. The molecule has 44 heavy (non-hydrogen) atoms. The summed E-state index contributed by atoms with van der Waals surface area (Å²) in [5.41, 5.74) is 3.73. The predicted octanol–water partition coefficient (Wildman–Crippen LogP) is 7.73. The van der Waals surface area contributed by atoms with E-state index in [1.165, 1.54) is 17.1 Å². The number of alkyl halides is 2. The number of rotatable bonds is 9. The molecule has 226 valence electrons. The second kappa shape index (κ2) is 11.2. The highest BCUT2D eigenvalue weighted by atomic mass is 35.5. The van der Waals surface area contributed by atoms with Gasteiger partial charge in [0.15, 0.2) is 0 Å². The van der Waals surface area contributed by atoms with Crippen molar-refractivity contribution in [3.63, 3.8) is 0 Å². The van der Waals surface area contributed by atoms with E-state index in [1.807, 2.05) is 31.2 Å². The number of pyridine rings is 1. The summed E-state index contributed by atoms with van der Waals surface area (Å²) in [6.45, 7) is 8.85. The zero-order valence-electron chi connectivity index (χ0n) is 24.7. The van der Waals surface area contributed by atoms with Crippen LogP contribution in [0.3, 0.4) is 0 Å². The van der Waals surface area contributed by atoms with Crippen molar-refractivity contribution in [2.45, 2.75) is 58.5 Å². The van der Waals surface area contributed by atoms with Crippen LogP contribution in [-0.4, -0.2) is 37.9 Å². The van der Waals surface area contributed by atoms with Gasteiger partial charge in [0.1, 0.15) is 23.6 Å². The van der Waals surface area contributed by atoms with E-state index in [2.05, 4.69) is 57.8 Å². The summed E-state index contributed by atoms with van der Waals surface area (Å²) in [6, 6.07) is 11.0. The predicted molar refractivity (Wildman–Crippen MR) is 165 cm³/mol. The van der Waals surface area contributed by atoms with Crippen LogP contribution < -0.4 is 10.6 Å². The lowest BCUT2D eigenvalue weighted by molar-refractivity contribution is 0.0593. The van der Waals surface area contributed by atoms with Crippen LogP contribution in [-0.2, 0) is 5.54 Å². The zero-order chi connectivity index (χ0) is 31.2. The lowest BCUT2D eigenvalue weighted by Crippen LogP contribution is -2.26. The van der Waals surface area contributed by atoms with Crippen LogP contribution in [0.15, 0.2) is 59.6 Å². The maximum atomic E-state index is 14.0. The Morgan fingerprint density at radius 3 is 2.66 bits per heavy atom. The molecule has 0 spiro atoms. The second-order valence-electron chi connectivity index (χ2n) is 12.4. The molecule has 2 aromatic carbocycles. The van der Waals surface area contributed by atoms with Crippen LogP contribution in [0.5, 0.6) is 0 Å². The molecule has 12 heteroatoms. The van der Waals surface area contributed by atoms with Crippen molar-refractivity contribution in [2.75, 3.05) is 17.2 Å². The van der Waals surface area contributed by atoms with Crippen molar-refractivity contribution in [2.24, 2.45) is 5.41 Å². The molecule has 5 aromatic rings. The van der Waals surface area contributed by atoms with Gasteiger partial charge in [-0.25, -0.2) is 18.4 Å². The van der Waals surface area contributed by atoms with Crippen molar-refractivity contribution in [3.8, 4) is 17.5 Å². The minimum absolute atomic E-state index is 0.0541. The zero-order valence-corrected chi connectivity index (χ0v) is 25.5. The maximum Gasteiger partial charge on any atom is 0.263 e. The molecule has 3 aromatic heterocycles. The Morgan fingerprint density at radius 1 is 1.20 bits per heavy atom. The molecule has 1 aliphatic carbocycles. The van der Waals surface area contributed by atoms with Gasteiger partial charge in [-0.1, -0.05) is 49.7 Å². The number of fused-ring (bicyclic) bond motifs is 1. The molecule has 1 aliphatic rings. The molecule has 6 rings (SSSR count). The third-order valence-electron chi connectivity index (χ3n) is 7.93. The maximum absolute atomic E-state index is 14.0. The van der Waals surface area contributed by atoms with Crippen LogP contribution in [0, 0.1) is 23.7 Å². The normalized spacial score (nSPS) is 14.9. The van der Waals surface area contributed by atoms with Gasteiger partial charge in [0, 0.05) is 29.4 Å². The first kappa shape index (κ1) is 29.5. The molecule has 2 N–H and O–H groups in total. The number of nitriles is 1. The van der Waals surface area contributed by atoms with Gasteiger partial charge < -0.3 is 15.1 Å². The lowest BCUT2D eigenvalue weighted by Gasteiger charge is -2.23. The number of nitrogens with zero attached hydrogens (tertiary/aromatic N) is 6. The highest BCUT2D eigenvalue weighted by molar-refractivity contribution is 6.35. The molecular formula is C32H31ClF2N8O. The fraction of sp³-hybridized carbons (Fsp3) is 0.344. The van der Waals surface area contributed by atoms with E-state index in [1.54, 1.807) is 18.5 Å². The largest absolute Gasteiger partial charge is 0.445 e. The van der Waals surface area contributed by atoms with E-state index in [0.29, 0.717) is 63.8 Å². The average Bonchev–Trinajstić information content (AvgIpc) is 3.36. The monoisotopic (exact) mass is 616 g/mol. The minimum atomic E-state index is -2.56. The van der Waals surface area contributed by atoms with E-state index < -0.39 is 18.0 Å². The van der Waals surface area contributed by atoms with Gasteiger partial charge in [0.2, 0.25) is 5.89 Å². The molecule has 3 heterocycles. The molecule has 1 atom stereocenters. The first-order valence-corrected chi connectivity index (χ1v) is 14.6. The molecule has 1 unspecified atom stereocenters. The summed E-state index contributed by atoms with van der Waals surface area (Å²) in [7, 11) is 0. The molecule has 0 radical (unpaired) electrons. The molecule has 0 aliphatic heterocycles. The van der Waals surface area contributed by atoms with Crippen LogP contribution in [0.1, 0.15) is 62.0 Å². The van der Waals surface area contributed by atoms with E-state index in [4.69, 9.17) is 16.0 Å². The van der Waals surface area contributed by atoms with E-state index in [-0.39, 0.29) is 5.41 Å². The lowest BCUT2D eigenvalue weighted by atomic mass is 9.94. The van der Waals surface area contributed by atoms with Crippen molar-refractivity contribution < 1.29 is 13.2 Å². The first-order valence-electron chi connectivity index (χ1n) is 14.2. The number of aromatic nitrogens is 5. The first-order chi connectivity index (χ1) is 21.0. The van der Waals surface area contributed by atoms with Gasteiger partial charge in [-0.15, -0.1) is 5.10 Å². The van der Waals surface area contributed by atoms with E-state index in [9.17, 15) is 14.0 Å². The molecule has 1 saturated carbocycles.